The number of halogens is 1. The van der Waals surface area contributed by atoms with E-state index in [9.17, 15) is 14.0 Å². The van der Waals surface area contributed by atoms with E-state index in [2.05, 4.69) is 13.8 Å². The fraction of sp³-hybridized carbons (Fsp3) is 0.217. The second-order valence-electron chi connectivity index (χ2n) is 7.19. The summed E-state index contributed by atoms with van der Waals surface area (Å²) in [5, 5.41) is 0. The third kappa shape index (κ3) is 4.03. The van der Waals surface area contributed by atoms with Gasteiger partial charge in [-0.05, 0) is 35.4 Å². The van der Waals surface area contributed by atoms with Crippen molar-refractivity contribution in [2.45, 2.75) is 19.3 Å². The van der Waals surface area contributed by atoms with E-state index in [0.29, 0.717) is 5.56 Å². The van der Waals surface area contributed by atoms with Crippen molar-refractivity contribution in [2.75, 3.05) is 18.6 Å². The van der Waals surface area contributed by atoms with E-state index in [4.69, 9.17) is 4.74 Å². The molecule has 0 aromatic heterocycles. The van der Waals surface area contributed by atoms with Crippen LogP contribution in [0.1, 0.15) is 25.0 Å². The second kappa shape index (κ2) is 7.80. The Morgan fingerprint density at radius 1 is 1.14 bits per heavy atom. The number of ketones is 1. The van der Waals surface area contributed by atoms with Crippen LogP contribution in [0.3, 0.4) is 0 Å². The maximum atomic E-state index is 13.1. The minimum Gasteiger partial charge on any atom is -0.454 e. The molecule has 0 unspecified atom stereocenters. The number of allylic oxidation sites excluding steroid dienone is 1. The highest BCUT2D eigenvalue weighted by Crippen LogP contribution is 2.46. The molecule has 1 heterocycles. The molecule has 0 radical (unpaired) electrons. The van der Waals surface area contributed by atoms with Crippen molar-refractivity contribution in [1.29, 1.82) is 0 Å². The summed E-state index contributed by atoms with van der Waals surface area (Å²) in [6, 6.07) is 13.8. The number of para-hydroxylation sites is 1. The SMILES string of the molecule is CN1C(=CC(=O)COC(=O)/C=C/c2cccc(F)c2)C(C)(C)c2ccccc21. The Morgan fingerprint density at radius 3 is 2.61 bits per heavy atom. The van der Waals surface area contributed by atoms with Gasteiger partial charge in [0.05, 0.1) is 0 Å². The summed E-state index contributed by atoms with van der Waals surface area (Å²) < 4.78 is 18.1. The number of anilines is 1. The first-order chi connectivity index (χ1) is 13.3. The molecule has 0 saturated carbocycles. The molecule has 0 bridgehead atoms. The Bertz CT molecular complexity index is 975. The molecule has 0 spiro atoms. The number of hydrogen-bond donors (Lipinski definition) is 0. The van der Waals surface area contributed by atoms with Crippen molar-refractivity contribution in [1.82, 2.24) is 0 Å². The van der Waals surface area contributed by atoms with Gasteiger partial charge >= 0.3 is 5.97 Å². The minimum atomic E-state index is -0.654. The number of esters is 1. The topological polar surface area (TPSA) is 46.6 Å². The molecule has 3 rings (SSSR count). The lowest BCUT2D eigenvalue weighted by molar-refractivity contribution is -0.141. The highest BCUT2D eigenvalue weighted by atomic mass is 19.1. The Balaban J connectivity index is 1.63. The fourth-order valence-corrected chi connectivity index (χ4v) is 3.42. The van der Waals surface area contributed by atoms with E-state index >= 15 is 0 Å². The lowest BCUT2D eigenvalue weighted by Gasteiger charge is -2.23. The number of carbonyl (C=O) groups is 2. The molecule has 0 N–H and O–H groups in total. The molecule has 0 amide bonds. The number of likely N-dealkylation sites (N-methyl/N-ethyl adjacent to an activating group) is 1. The molecular weight excluding hydrogens is 357 g/mol. The van der Waals surface area contributed by atoms with Gasteiger partial charge in [-0.2, -0.15) is 0 Å². The molecule has 0 fully saturated rings. The number of benzene rings is 2. The van der Waals surface area contributed by atoms with Crippen LogP contribution in [0.5, 0.6) is 0 Å². The maximum absolute atomic E-state index is 13.1. The molecule has 0 atom stereocenters. The maximum Gasteiger partial charge on any atom is 0.331 e. The number of nitrogens with zero attached hydrogens (tertiary/aromatic N) is 1. The smallest absolute Gasteiger partial charge is 0.331 e. The number of ether oxygens (including phenoxy) is 1. The first kappa shape index (κ1) is 19.5. The zero-order chi connectivity index (χ0) is 20.3. The van der Waals surface area contributed by atoms with Crippen LogP contribution in [0.2, 0.25) is 0 Å². The third-order valence-electron chi connectivity index (χ3n) is 4.86. The quantitative estimate of drug-likeness (QED) is 0.575. The van der Waals surface area contributed by atoms with Gasteiger partial charge in [-0.1, -0.05) is 44.2 Å². The van der Waals surface area contributed by atoms with Crippen molar-refractivity contribution in [2.24, 2.45) is 0 Å². The van der Waals surface area contributed by atoms with Crippen molar-refractivity contribution in [3.8, 4) is 0 Å². The summed E-state index contributed by atoms with van der Waals surface area (Å²) in [5.74, 6) is -1.34. The first-order valence-electron chi connectivity index (χ1n) is 8.97. The van der Waals surface area contributed by atoms with Gasteiger partial charge in [0.15, 0.2) is 12.4 Å². The highest BCUT2D eigenvalue weighted by Gasteiger charge is 2.38. The first-order valence-corrected chi connectivity index (χ1v) is 8.97. The van der Waals surface area contributed by atoms with Crippen LogP contribution >= 0.6 is 0 Å². The van der Waals surface area contributed by atoms with E-state index in [-0.39, 0.29) is 23.6 Å². The summed E-state index contributed by atoms with van der Waals surface area (Å²) in [5.41, 5.74) is 3.28. The molecule has 0 aliphatic carbocycles. The van der Waals surface area contributed by atoms with Gasteiger partial charge in [0.1, 0.15) is 5.82 Å². The van der Waals surface area contributed by atoms with Crippen molar-refractivity contribution in [3.63, 3.8) is 0 Å². The number of fused-ring (bicyclic) bond motifs is 1. The summed E-state index contributed by atoms with van der Waals surface area (Å²) >= 11 is 0. The lowest BCUT2D eigenvalue weighted by Crippen LogP contribution is -2.25. The Labute approximate surface area is 163 Å². The lowest BCUT2D eigenvalue weighted by atomic mass is 9.83. The van der Waals surface area contributed by atoms with Gasteiger partial charge in [0.2, 0.25) is 0 Å². The second-order valence-corrected chi connectivity index (χ2v) is 7.19. The summed E-state index contributed by atoms with van der Waals surface area (Å²) in [6.45, 7) is 3.76. The summed E-state index contributed by atoms with van der Waals surface area (Å²) in [7, 11) is 1.92. The van der Waals surface area contributed by atoms with Gasteiger partial charge in [0.25, 0.3) is 0 Å². The summed E-state index contributed by atoms with van der Waals surface area (Å²) in [4.78, 5) is 26.2. The molecule has 0 saturated heterocycles. The van der Waals surface area contributed by atoms with Crippen LogP contribution in [0.15, 0.2) is 66.4 Å². The average molecular weight is 379 g/mol. The zero-order valence-electron chi connectivity index (χ0n) is 16.1. The number of hydrogen-bond acceptors (Lipinski definition) is 4. The molecule has 144 valence electrons. The van der Waals surface area contributed by atoms with Crippen molar-refractivity contribution in [3.05, 3.63) is 83.3 Å². The van der Waals surface area contributed by atoms with E-state index in [1.54, 1.807) is 12.1 Å². The molecular formula is C23H22FNO3. The largest absolute Gasteiger partial charge is 0.454 e. The van der Waals surface area contributed by atoms with E-state index in [0.717, 1.165) is 16.9 Å². The van der Waals surface area contributed by atoms with Crippen LogP contribution in [0, 0.1) is 5.82 Å². The highest BCUT2D eigenvalue weighted by molar-refractivity contribution is 5.96. The minimum absolute atomic E-state index is 0.296. The molecule has 2 aromatic rings. The van der Waals surface area contributed by atoms with Gasteiger partial charge in [0, 0.05) is 36.0 Å². The number of carbonyl (C=O) groups excluding carboxylic acids is 2. The molecule has 28 heavy (non-hydrogen) atoms. The predicted octanol–water partition coefficient (Wildman–Crippen LogP) is 4.26. The van der Waals surface area contributed by atoms with Crippen molar-refractivity contribution >= 4 is 23.5 Å². The van der Waals surface area contributed by atoms with Crippen LogP contribution in [0.25, 0.3) is 6.08 Å². The van der Waals surface area contributed by atoms with E-state index in [1.165, 1.54) is 30.4 Å². The van der Waals surface area contributed by atoms with E-state index < -0.39 is 5.97 Å². The predicted molar refractivity (Wildman–Crippen MR) is 107 cm³/mol. The van der Waals surface area contributed by atoms with Crippen LogP contribution in [-0.4, -0.2) is 25.4 Å². The van der Waals surface area contributed by atoms with Crippen LogP contribution in [-0.2, 0) is 19.7 Å². The van der Waals surface area contributed by atoms with Crippen molar-refractivity contribution < 1.29 is 18.7 Å². The summed E-state index contributed by atoms with van der Waals surface area (Å²) in [6.07, 6.45) is 4.15. The van der Waals surface area contributed by atoms with Crippen LogP contribution < -0.4 is 4.90 Å². The average Bonchev–Trinajstić information content (AvgIpc) is 2.86. The zero-order valence-corrected chi connectivity index (χ0v) is 16.1. The standard InChI is InChI=1S/C23H22FNO3/c1-23(2)19-9-4-5-10-20(19)25(3)21(23)14-18(26)15-28-22(27)12-11-16-7-6-8-17(24)13-16/h4-14H,15H2,1-3H3/b12-11+,21-14?. The third-order valence-corrected chi connectivity index (χ3v) is 4.86. The van der Waals surface area contributed by atoms with E-state index in [1.807, 2.05) is 36.2 Å². The number of rotatable bonds is 5. The Morgan fingerprint density at radius 2 is 1.89 bits per heavy atom. The van der Waals surface area contributed by atoms with Gasteiger partial charge in [-0.15, -0.1) is 0 Å². The van der Waals surface area contributed by atoms with Gasteiger partial charge in [-0.3, -0.25) is 4.79 Å². The molecule has 4 nitrogen and oxygen atoms in total. The fourth-order valence-electron chi connectivity index (χ4n) is 3.42. The van der Waals surface area contributed by atoms with Crippen LogP contribution in [0.4, 0.5) is 10.1 Å². The Hall–Kier alpha value is -3.21. The Kier molecular flexibility index (Phi) is 5.45. The van der Waals surface area contributed by atoms with Gasteiger partial charge in [-0.25, -0.2) is 9.18 Å². The molecule has 2 aromatic carbocycles. The molecule has 5 heteroatoms. The monoisotopic (exact) mass is 379 g/mol. The molecule has 1 aliphatic rings. The normalized spacial score (nSPS) is 16.4. The molecule has 1 aliphatic heterocycles. The van der Waals surface area contributed by atoms with Gasteiger partial charge < -0.3 is 9.64 Å².